The van der Waals surface area contributed by atoms with Crippen LogP contribution in [-0.2, 0) is 4.79 Å². The highest BCUT2D eigenvalue weighted by Crippen LogP contribution is 2.30. The molecule has 1 aromatic carbocycles. The minimum atomic E-state index is -0.352. The minimum absolute atomic E-state index is 0.0579. The third-order valence-corrected chi connectivity index (χ3v) is 5.90. The van der Waals surface area contributed by atoms with Crippen LogP contribution in [-0.4, -0.2) is 70.6 Å². The van der Waals surface area contributed by atoms with Crippen molar-refractivity contribution in [1.29, 1.82) is 0 Å². The molecule has 1 aliphatic heterocycles. The van der Waals surface area contributed by atoms with Crippen LogP contribution in [0.15, 0.2) is 36.5 Å². The van der Waals surface area contributed by atoms with E-state index >= 15 is 0 Å². The number of rotatable bonds is 5. The first-order valence-corrected chi connectivity index (χ1v) is 10.6. The second kappa shape index (κ2) is 9.47. The second-order valence-electron chi connectivity index (χ2n) is 8.46. The lowest BCUT2D eigenvalue weighted by molar-refractivity contribution is -0.129. The standard InChI is InChI=1S/C24H31N3O4/c1-15-6-8-19(9-7-15)20-10-21-23(25-11-20)31-22(13-26(5)18(4)29)16(2)12-27(24(21)30)17(3)14-28/h6-11,16-17,22,28H,12-14H2,1-5H3/t16-,17-,22+/m0/s1. The molecule has 0 aliphatic carbocycles. The van der Waals surface area contributed by atoms with Gasteiger partial charge in [-0.2, -0.15) is 0 Å². The Kier molecular flexibility index (Phi) is 6.95. The third-order valence-electron chi connectivity index (χ3n) is 5.90. The number of likely N-dealkylation sites (N-methyl/N-ethyl adjacent to an activating group) is 1. The van der Waals surface area contributed by atoms with Crippen LogP contribution in [0.4, 0.5) is 0 Å². The Bertz CT molecular complexity index is 944. The summed E-state index contributed by atoms with van der Waals surface area (Å²) in [7, 11) is 1.73. The zero-order valence-corrected chi connectivity index (χ0v) is 18.8. The summed E-state index contributed by atoms with van der Waals surface area (Å²) in [5, 5.41) is 9.75. The number of hydrogen-bond donors (Lipinski definition) is 1. The molecule has 3 rings (SSSR count). The van der Waals surface area contributed by atoms with Crippen molar-refractivity contribution in [1.82, 2.24) is 14.8 Å². The molecule has 2 amide bonds. The van der Waals surface area contributed by atoms with E-state index in [2.05, 4.69) is 4.98 Å². The van der Waals surface area contributed by atoms with E-state index in [4.69, 9.17) is 4.74 Å². The molecule has 0 spiro atoms. The number of ether oxygens (including phenoxy) is 1. The highest BCUT2D eigenvalue weighted by molar-refractivity contribution is 5.98. The molecule has 2 aromatic rings. The number of amides is 2. The van der Waals surface area contributed by atoms with Crippen molar-refractivity contribution in [3.05, 3.63) is 47.7 Å². The Hall–Kier alpha value is -2.93. The number of aryl methyl sites for hydroxylation is 1. The van der Waals surface area contributed by atoms with Crippen molar-refractivity contribution in [3.63, 3.8) is 0 Å². The summed E-state index contributed by atoms with van der Waals surface area (Å²) in [5.41, 5.74) is 3.29. The van der Waals surface area contributed by atoms with Crippen LogP contribution in [0.1, 0.15) is 36.7 Å². The molecular weight excluding hydrogens is 394 g/mol. The number of carbonyl (C=O) groups excluding carboxylic acids is 2. The van der Waals surface area contributed by atoms with Gasteiger partial charge in [-0.3, -0.25) is 9.59 Å². The van der Waals surface area contributed by atoms with E-state index in [-0.39, 0.29) is 42.4 Å². The first kappa shape index (κ1) is 22.7. The molecule has 1 aliphatic rings. The summed E-state index contributed by atoms with van der Waals surface area (Å²) in [6.45, 7) is 7.98. The van der Waals surface area contributed by atoms with Crippen LogP contribution in [0.3, 0.4) is 0 Å². The van der Waals surface area contributed by atoms with Gasteiger partial charge < -0.3 is 19.6 Å². The van der Waals surface area contributed by atoms with Gasteiger partial charge in [-0.05, 0) is 25.5 Å². The predicted molar refractivity (Wildman–Crippen MR) is 119 cm³/mol. The normalized spacial score (nSPS) is 19.7. The lowest BCUT2D eigenvalue weighted by Gasteiger charge is -2.37. The fourth-order valence-corrected chi connectivity index (χ4v) is 3.62. The third kappa shape index (κ3) is 5.05. The molecule has 0 saturated carbocycles. The van der Waals surface area contributed by atoms with Gasteiger partial charge in [0.2, 0.25) is 11.8 Å². The lowest BCUT2D eigenvalue weighted by atomic mass is 9.99. The maximum Gasteiger partial charge on any atom is 0.259 e. The number of carbonyl (C=O) groups is 2. The molecular formula is C24H31N3O4. The van der Waals surface area contributed by atoms with Crippen LogP contribution < -0.4 is 4.74 Å². The fraction of sp³-hybridized carbons (Fsp3) is 0.458. The van der Waals surface area contributed by atoms with Gasteiger partial charge in [0.05, 0.1) is 19.2 Å². The molecule has 2 heterocycles. The highest BCUT2D eigenvalue weighted by Gasteiger charge is 2.34. The van der Waals surface area contributed by atoms with Gasteiger partial charge in [0.25, 0.3) is 5.91 Å². The van der Waals surface area contributed by atoms with Crippen molar-refractivity contribution in [2.45, 2.75) is 39.8 Å². The van der Waals surface area contributed by atoms with E-state index in [1.54, 1.807) is 29.1 Å². The maximum absolute atomic E-state index is 13.4. The van der Waals surface area contributed by atoms with E-state index < -0.39 is 0 Å². The summed E-state index contributed by atoms with van der Waals surface area (Å²) in [6, 6.07) is 9.46. The molecule has 0 radical (unpaired) electrons. The number of aliphatic hydroxyl groups excluding tert-OH is 1. The Morgan fingerprint density at radius 2 is 2.00 bits per heavy atom. The summed E-state index contributed by atoms with van der Waals surface area (Å²) < 4.78 is 6.20. The number of fused-ring (bicyclic) bond motifs is 1. The van der Waals surface area contributed by atoms with Crippen LogP contribution in [0.2, 0.25) is 0 Å². The molecule has 1 aromatic heterocycles. The molecule has 7 nitrogen and oxygen atoms in total. The second-order valence-corrected chi connectivity index (χ2v) is 8.46. The van der Waals surface area contributed by atoms with E-state index in [1.165, 1.54) is 6.92 Å². The van der Waals surface area contributed by atoms with Crippen LogP contribution >= 0.6 is 0 Å². The molecule has 0 fully saturated rings. The monoisotopic (exact) mass is 425 g/mol. The first-order chi connectivity index (χ1) is 14.7. The number of aromatic nitrogens is 1. The van der Waals surface area contributed by atoms with Crippen molar-refractivity contribution in [2.24, 2.45) is 5.92 Å². The van der Waals surface area contributed by atoms with Gasteiger partial charge in [-0.15, -0.1) is 0 Å². The van der Waals surface area contributed by atoms with Gasteiger partial charge in [0.15, 0.2) is 0 Å². The van der Waals surface area contributed by atoms with Crippen LogP contribution in [0.5, 0.6) is 5.88 Å². The van der Waals surface area contributed by atoms with Crippen molar-refractivity contribution in [2.75, 3.05) is 26.7 Å². The molecule has 0 saturated heterocycles. The minimum Gasteiger partial charge on any atom is -0.472 e. The average molecular weight is 426 g/mol. The molecule has 31 heavy (non-hydrogen) atoms. The summed E-state index contributed by atoms with van der Waals surface area (Å²) in [4.78, 5) is 33.0. The Morgan fingerprint density at radius 3 is 2.61 bits per heavy atom. The number of hydrogen-bond acceptors (Lipinski definition) is 5. The highest BCUT2D eigenvalue weighted by atomic mass is 16.5. The van der Waals surface area contributed by atoms with Crippen molar-refractivity contribution in [3.8, 4) is 17.0 Å². The maximum atomic E-state index is 13.4. The topological polar surface area (TPSA) is 83.0 Å². The van der Waals surface area contributed by atoms with E-state index in [1.807, 2.05) is 45.0 Å². The molecule has 0 unspecified atom stereocenters. The van der Waals surface area contributed by atoms with E-state index in [0.29, 0.717) is 18.7 Å². The summed E-state index contributed by atoms with van der Waals surface area (Å²) in [6.07, 6.45) is 1.36. The Morgan fingerprint density at radius 1 is 1.32 bits per heavy atom. The molecule has 7 heteroatoms. The van der Waals surface area contributed by atoms with Crippen molar-refractivity contribution >= 4 is 11.8 Å². The van der Waals surface area contributed by atoms with Gasteiger partial charge in [0.1, 0.15) is 11.7 Å². The van der Waals surface area contributed by atoms with E-state index in [9.17, 15) is 14.7 Å². The summed E-state index contributed by atoms with van der Waals surface area (Å²) in [5.74, 6) is -0.0865. The Labute approximate surface area is 183 Å². The van der Waals surface area contributed by atoms with Crippen molar-refractivity contribution < 1.29 is 19.4 Å². The SMILES string of the molecule is CC(=O)N(C)C[C@H]1Oc2ncc(-c3ccc(C)cc3)cc2C(=O)N([C@@H](C)CO)C[C@@H]1C. The van der Waals surface area contributed by atoms with Gasteiger partial charge in [-0.25, -0.2) is 4.98 Å². The molecule has 0 bridgehead atoms. The first-order valence-electron chi connectivity index (χ1n) is 10.6. The number of aliphatic hydroxyl groups is 1. The van der Waals surface area contributed by atoms with Gasteiger partial charge in [-0.1, -0.05) is 36.8 Å². The number of benzene rings is 1. The largest absolute Gasteiger partial charge is 0.472 e. The predicted octanol–water partition coefficient (Wildman–Crippen LogP) is 2.76. The molecule has 1 N–H and O–H groups in total. The zero-order valence-electron chi connectivity index (χ0n) is 18.8. The fourth-order valence-electron chi connectivity index (χ4n) is 3.62. The lowest BCUT2D eigenvalue weighted by Crippen LogP contribution is -2.50. The van der Waals surface area contributed by atoms with Gasteiger partial charge >= 0.3 is 0 Å². The quantitative estimate of drug-likeness (QED) is 0.797. The van der Waals surface area contributed by atoms with E-state index in [0.717, 1.165) is 16.7 Å². The number of pyridine rings is 1. The van der Waals surface area contributed by atoms with Crippen LogP contribution in [0.25, 0.3) is 11.1 Å². The molecule has 3 atom stereocenters. The van der Waals surface area contributed by atoms with Crippen LogP contribution in [0, 0.1) is 12.8 Å². The molecule has 166 valence electrons. The Balaban J connectivity index is 2.05. The average Bonchev–Trinajstić information content (AvgIpc) is 2.75. The smallest absolute Gasteiger partial charge is 0.259 e. The van der Waals surface area contributed by atoms with Gasteiger partial charge in [0, 0.05) is 38.2 Å². The zero-order chi connectivity index (χ0) is 22.7. The number of nitrogens with zero attached hydrogens (tertiary/aromatic N) is 3. The summed E-state index contributed by atoms with van der Waals surface area (Å²) >= 11 is 0.